The van der Waals surface area contributed by atoms with Crippen LogP contribution in [0.15, 0.2) is 36.7 Å². The van der Waals surface area contributed by atoms with Crippen LogP contribution in [0.1, 0.15) is 22.5 Å². The maximum Gasteiger partial charge on any atom is 0.132 e. The third kappa shape index (κ3) is 2.44. The topological polar surface area (TPSA) is 51.8 Å². The molecule has 1 aromatic carbocycles. The van der Waals surface area contributed by atoms with Gasteiger partial charge in [-0.3, -0.25) is 0 Å². The zero-order valence-corrected chi connectivity index (χ0v) is 9.35. The van der Waals surface area contributed by atoms with Crippen molar-refractivity contribution in [3.63, 3.8) is 0 Å². The number of nitrogens with zero attached hydrogens (tertiary/aromatic N) is 2. The Labute approximate surface area is 95.4 Å². The highest BCUT2D eigenvalue weighted by Crippen LogP contribution is 2.10. The zero-order chi connectivity index (χ0) is 11.4. The Kier molecular flexibility index (Phi) is 3.27. The molecule has 0 atom stereocenters. The van der Waals surface area contributed by atoms with E-state index in [1.54, 1.807) is 12.4 Å². The smallest absolute Gasteiger partial charge is 0.132 e. The van der Waals surface area contributed by atoms with Gasteiger partial charge in [-0.15, -0.1) is 0 Å². The lowest BCUT2D eigenvalue weighted by Crippen LogP contribution is -2.02. The lowest BCUT2D eigenvalue weighted by molar-refractivity contribution is 0.921. The molecule has 3 nitrogen and oxygen atoms in total. The molecule has 1 heterocycles. The highest BCUT2D eigenvalue weighted by Gasteiger charge is 2.01. The van der Waals surface area contributed by atoms with Crippen molar-refractivity contribution in [2.45, 2.75) is 19.9 Å². The number of aromatic nitrogens is 2. The maximum absolute atomic E-state index is 5.50. The average Bonchev–Trinajstić information content (AvgIpc) is 2.33. The summed E-state index contributed by atoms with van der Waals surface area (Å²) < 4.78 is 0. The van der Waals surface area contributed by atoms with E-state index in [-0.39, 0.29) is 0 Å². The molecule has 82 valence electrons. The van der Waals surface area contributed by atoms with Crippen molar-refractivity contribution >= 4 is 0 Å². The van der Waals surface area contributed by atoms with Crippen LogP contribution in [-0.2, 0) is 13.0 Å². The Morgan fingerprint density at radius 1 is 1.12 bits per heavy atom. The first kappa shape index (κ1) is 10.8. The minimum absolute atomic E-state index is 0.491. The first-order valence-electron chi connectivity index (χ1n) is 5.34. The summed E-state index contributed by atoms with van der Waals surface area (Å²) in [6, 6.07) is 8.28. The van der Waals surface area contributed by atoms with E-state index in [0.717, 1.165) is 17.8 Å². The molecule has 0 radical (unpaired) electrons. The third-order valence-corrected chi connectivity index (χ3v) is 2.60. The van der Waals surface area contributed by atoms with Crippen LogP contribution in [0.4, 0.5) is 0 Å². The van der Waals surface area contributed by atoms with Gasteiger partial charge in [-0.2, -0.15) is 0 Å². The molecule has 0 spiro atoms. The molecule has 0 amide bonds. The van der Waals surface area contributed by atoms with Gasteiger partial charge in [-0.25, -0.2) is 9.97 Å². The van der Waals surface area contributed by atoms with E-state index >= 15 is 0 Å². The van der Waals surface area contributed by atoms with Gasteiger partial charge in [0, 0.05) is 30.9 Å². The number of hydrogen-bond acceptors (Lipinski definition) is 3. The minimum Gasteiger partial charge on any atom is -0.326 e. The molecule has 0 fully saturated rings. The summed E-state index contributed by atoms with van der Waals surface area (Å²) in [7, 11) is 0. The molecule has 0 bridgehead atoms. The molecule has 16 heavy (non-hydrogen) atoms. The molecule has 3 heteroatoms. The first-order valence-corrected chi connectivity index (χ1v) is 5.34. The van der Waals surface area contributed by atoms with Gasteiger partial charge in [0.15, 0.2) is 0 Å². The fourth-order valence-corrected chi connectivity index (χ4v) is 1.56. The first-order chi connectivity index (χ1) is 7.79. The van der Waals surface area contributed by atoms with E-state index in [9.17, 15) is 0 Å². The quantitative estimate of drug-likeness (QED) is 0.846. The molecule has 0 aliphatic carbocycles. The van der Waals surface area contributed by atoms with Crippen LogP contribution in [0.2, 0.25) is 0 Å². The molecule has 0 saturated heterocycles. The van der Waals surface area contributed by atoms with Crippen molar-refractivity contribution < 1.29 is 0 Å². The van der Waals surface area contributed by atoms with E-state index in [0.29, 0.717) is 6.54 Å². The maximum atomic E-state index is 5.50. The van der Waals surface area contributed by atoms with Crippen molar-refractivity contribution in [2.75, 3.05) is 0 Å². The monoisotopic (exact) mass is 213 g/mol. The fourth-order valence-electron chi connectivity index (χ4n) is 1.56. The van der Waals surface area contributed by atoms with Crippen LogP contribution in [0.25, 0.3) is 0 Å². The standard InChI is InChI=1S/C13H15N3/c1-10-4-2-3-5-12(10)6-13-15-8-11(7-14)9-16-13/h2-5,8-9H,6-7,14H2,1H3. The summed E-state index contributed by atoms with van der Waals surface area (Å²) in [4.78, 5) is 8.59. The molecule has 0 unspecified atom stereocenters. The van der Waals surface area contributed by atoms with Gasteiger partial charge in [0.05, 0.1) is 0 Å². The van der Waals surface area contributed by atoms with Crippen molar-refractivity contribution in [3.05, 3.63) is 59.2 Å². The molecule has 0 saturated carbocycles. The van der Waals surface area contributed by atoms with Gasteiger partial charge in [0.1, 0.15) is 5.82 Å². The predicted octanol–water partition coefficient (Wildman–Crippen LogP) is 1.83. The second kappa shape index (κ2) is 4.86. The zero-order valence-electron chi connectivity index (χ0n) is 9.35. The molecule has 0 aliphatic rings. The fraction of sp³-hybridized carbons (Fsp3) is 0.231. The van der Waals surface area contributed by atoms with Gasteiger partial charge in [-0.1, -0.05) is 24.3 Å². The average molecular weight is 213 g/mol. The predicted molar refractivity (Wildman–Crippen MR) is 63.9 cm³/mol. The lowest BCUT2D eigenvalue weighted by atomic mass is 10.1. The largest absolute Gasteiger partial charge is 0.326 e. The molecule has 0 aliphatic heterocycles. The van der Waals surface area contributed by atoms with E-state index < -0.39 is 0 Å². The van der Waals surface area contributed by atoms with Crippen LogP contribution in [0, 0.1) is 6.92 Å². The second-order valence-corrected chi connectivity index (χ2v) is 3.81. The minimum atomic E-state index is 0.491. The van der Waals surface area contributed by atoms with Crippen molar-refractivity contribution in [3.8, 4) is 0 Å². The van der Waals surface area contributed by atoms with Gasteiger partial charge in [0.25, 0.3) is 0 Å². The SMILES string of the molecule is Cc1ccccc1Cc1ncc(CN)cn1. The number of nitrogens with two attached hydrogens (primary N) is 1. The van der Waals surface area contributed by atoms with E-state index in [2.05, 4.69) is 29.0 Å². The van der Waals surface area contributed by atoms with Crippen molar-refractivity contribution in [1.29, 1.82) is 0 Å². The van der Waals surface area contributed by atoms with Crippen LogP contribution in [-0.4, -0.2) is 9.97 Å². The highest BCUT2D eigenvalue weighted by atomic mass is 14.9. The van der Waals surface area contributed by atoms with Gasteiger partial charge >= 0.3 is 0 Å². The number of rotatable bonds is 3. The molecular formula is C13H15N3. The van der Waals surface area contributed by atoms with Crippen LogP contribution in [0.5, 0.6) is 0 Å². The van der Waals surface area contributed by atoms with Gasteiger partial charge in [-0.05, 0) is 18.1 Å². The summed E-state index contributed by atoms with van der Waals surface area (Å²) in [5, 5.41) is 0. The Morgan fingerprint density at radius 2 is 1.81 bits per heavy atom. The highest BCUT2D eigenvalue weighted by molar-refractivity contribution is 5.28. The molecular weight excluding hydrogens is 198 g/mol. The number of aryl methyl sites for hydroxylation is 1. The van der Waals surface area contributed by atoms with E-state index in [1.807, 2.05) is 12.1 Å². The molecule has 2 rings (SSSR count). The van der Waals surface area contributed by atoms with Crippen molar-refractivity contribution in [2.24, 2.45) is 5.73 Å². The molecule has 2 N–H and O–H groups in total. The summed E-state index contributed by atoms with van der Waals surface area (Å²) in [5.41, 5.74) is 9.00. The number of benzene rings is 1. The van der Waals surface area contributed by atoms with E-state index in [4.69, 9.17) is 5.73 Å². The summed E-state index contributed by atoms with van der Waals surface area (Å²) in [6.07, 6.45) is 4.36. The Hall–Kier alpha value is -1.74. The summed E-state index contributed by atoms with van der Waals surface area (Å²) in [5.74, 6) is 0.839. The van der Waals surface area contributed by atoms with E-state index in [1.165, 1.54) is 11.1 Å². The summed E-state index contributed by atoms with van der Waals surface area (Å²) in [6.45, 7) is 2.59. The lowest BCUT2D eigenvalue weighted by Gasteiger charge is -2.04. The second-order valence-electron chi connectivity index (χ2n) is 3.81. The normalized spacial score (nSPS) is 10.4. The van der Waals surface area contributed by atoms with Gasteiger partial charge < -0.3 is 5.73 Å². The third-order valence-electron chi connectivity index (χ3n) is 2.60. The summed E-state index contributed by atoms with van der Waals surface area (Å²) >= 11 is 0. The Balaban J connectivity index is 2.18. The van der Waals surface area contributed by atoms with Crippen LogP contribution < -0.4 is 5.73 Å². The van der Waals surface area contributed by atoms with Crippen LogP contribution >= 0.6 is 0 Å². The van der Waals surface area contributed by atoms with Gasteiger partial charge in [0.2, 0.25) is 0 Å². The Bertz CT molecular complexity index is 463. The molecule has 2 aromatic rings. The Morgan fingerprint density at radius 3 is 2.44 bits per heavy atom. The molecule has 1 aromatic heterocycles. The van der Waals surface area contributed by atoms with Crippen molar-refractivity contribution in [1.82, 2.24) is 9.97 Å². The van der Waals surface area contributed by atoms with Crippen LogP contribution in [0.3, 0.4) is 0 Å². The number of hydrogen-bond donors (Lipinski definition) is 1.